The van der Waals surface area contributed by atoms with E-state index in [1.807, 2.05) is 24.3 Å². The molecule has 6 heteroatoms. The minimum atomic E-state index is -1.05. The van der Waals surface area contributed by atoms with E-state index in [1.54, 1.807) is 10.9 Å². The van der Waals surface area contributed by atoms with Gasteiger partial charge in [0, 0.05) is 0 Å². The Morgan fingerprint density at radius 1 is 1.26 bits per heavy atom. The van der Waals surface area contributed by atoms with Crippen LogP contribution in [0.2, 0.25) is 5.15 Å². The van der Waals surface area contributed by atoms with Gasteiger partial charge in [0.05, 0.1) is 16.6 Å². The molecule has 2 heterocycles. The number of carboxylic acid groups (broad SMARTS) is 1. The molecule has 0 unspecified atom stereocenters. The SMILES string of the molecule is O=C(O)c1cc(Cl)nc(-n2cnc3ccccc32)c1. The fourth-order valence-electron chi connectivity index (χ4n) is 1.87. The first-order valence-corrected chi connectivity index (χ1v) is 5.86. The summed E-state index contributed by atoms with van der Waals surface area (Å²) in [5.41, 5.74) is 1.74. The Morgan fingerprint density at radius 3 is 2.84 bits per heavy atom. The fraction of sp³-hybridized carbons (Fsp3) is 0. The second-order valence-electron chi connectivity index (χ2n) is 3.95. The van der Waals surface area contributed by atoms with E-state index >= 15 is 0 Å². The number of para-hydroxylation sites is 2. The van der Waals surface area contributed by atoms with Gasteiger partial charge in [-0.2, -0.15) is 0 Å². The number of pyridine rings is 1. The molecule has 0 atom stereocenters. The van der Waals surface area contributed by atoms with Crippen LogP contribution in [0.25, 0.3) is 16.9 Å². The predicted molar refractivity (Wildman–Crippen MR) is 70.8 cm³/mol. The van der Waals surface area contributed by atoms with Crippen molar-refractivity contribution in [3.63, 3.8) is 0 Å². The lowest BCUT2D eigenvalue weighted by Gasteiger charge is -2.05. The van der Waals surface area contributed by atoms with Gasteiger partial charge >= 0.3 is 5.97 Å². The molecule has 5 nitrogen and oxygen atoms in total. The zero-order valence-electron chi connectivity index (χ0n) is 9.62. The Balaban J connectivity index is 2.24. The molecule has 0 bridgehead atoms. The number of halogens is 1. The van der Waals surface area contributed by atoms with Crippen molar-refractivity contribution in [3.8, 4) is 5.82 Å². The first kappa shape index (κ1) is 11.7. The summed E-state index contributed by atoms with van der Waals surface area (Å²) in [4.78, 5) is 19.4. The van der Waals surface area contributed by atoms with E-state index < -0.39 is 5.97 Å². The van der Waals surface area contributed by atoms with Gasteiger partial charge in [-0.15, -0.1) is 0 Å². The van der Waals surface area contributed by atoms with Crippen molar-refractivity contribution in [1.29, 1.82) is 0 Å². The summed E-state index contributed by atoms with van der Waals surface area (Å²) in [6.07, 6.45) is 1.59. The molecular weight excluding hydrogens is 266 g/mol. The fourth-order valence-corrected chi connectivity index (χ4v) is 2.08. The van der Waals surface area contributed by atoms with Crippen molar-refractivity contribution in [2.45, 2.75) is 0 Å². The highest BCUT2D eigenvalue weighted by Gasteiger charge is 2.11. The Morgan fingerprint density at radius 2 is 2.05 bits per heavy atom. The van der Waals surface area contributed by atoms with Gasteiger partial charge in [0.1, 0.15) is 17.3 Å². The van der Waals surface area contributed by atoms with E-state index in [4.69, 9.17) is 16.7 Å². The molecule has 0 saturated heterocycles. The van der Waals surface area contributed by atoms with Crippen LogP contribution in [0.1, 0.15) is 10.4 Å². The molecule has 94 valence electrons. The summed E-state index contributed by atoms with van der Waals surface area (Å²) in [5.74, 6) is -0.617. The van der Waals surface area contributed by atoms with Gasteiger partial charge in [-0.05, 0) is 24.3 Å². The van der Waals surface area contributed by atoms with Crippen LogP contribution >= 0.6 is 11.6 Å². The van der Waals surface area contributed by atoms with Crippen molar-refractivity contribution in [3.05, 3.63) is 53.4 Å². The standard InChI is InChI=1S/C13H8ClN3O2/c14-11-5-8(13(18)19)6-12(16-11)17-7-15-9-3-1-2-4-10(9)17/h1-7H,(H,18,19). The number of carboxylic acids is 1. The Labute approximate surface area is 113 Å². The number of benzene rings is 1. The molecule has 19 heavy (non-hydrogen) atoms. The number of imidazole rings is 1. The molecule has 1 aromatic carbocycles. The molecule has 0 spiro atoms. The number of aromatic carboxylic acids is 1. The molecule has 0 amide bonds. The number of hydrogen-bond acceptors (Lipinski definition) is 3. The molecule has 0 saturated carbocycles. The minimum absolute atomic E-state index is 0.0905. The number of aromatic nitrogens is 3. The van der Waals surface area contributed by atoms with Gasteiger partial charge in [0.15, 0.2) is 0 Å². The maximum atomic E-state index is 11.0. The highest BCUT2D eigenvalue weighted by Crippen LogP contribution is 2.19. The van der Waals surface area contributed by atoms with E-state index in [2.05, 4.69) is 9.97 Å². The Hall–Kier alpha value is -2.40. The van der Waals surface area contributed by atoms with Crippen LogP contribution < -0.4 is 0 Å². The van der Waals surface area contributed by atoms with E-state index in [1.165, 1.54) is 12.1 Å². The molecule has 3 rings (SSSR count). The quantitative estimate of drug-likeness (QED) is 0.729. The maximum absolute atomic E-state index is 11.0. The summed E-state index contributed by atoms with van der Waals surface area (Å²) in [5, 5.41) is 9.17. The molecule has 1 N–H and O–H groups in total. The first-order chi connectivity index (χ1) is 9.15. The zero-order chi connectivity index (χ0) is 13.4. The number of carbonyl (C=O) groups is 1. The number of hydrogen-bond donors (Lipinski definition) is 1. The van der Waals surface area contributed by atoms with Gasteiger partial charge in [0.2, 0.25) is 0 Å². The first-order valence-electron chi connectivity index (χ1n) is 5.48. The van der Waals surface area contributed by atoms with Crippen LogP contribution in [0.4, 0.5) is 0 Å². The molecular formula is C13H8ClN3O2. The number of nitrogens with zero attached hydrogens (tertiary/aromatic N) is 3. The average Bonchev–Trinajstić information content (AvgIpc) is 2.81. The molecule has 0 aliphatic rings. The van der Waals surface area contributed by atoms with Crippen LogP contribution in [0.5, 0.6) is 0 Å². The summed E-state index contributed by atoms with van der Waals surface area (Å²) in [6, 6.07) is 10.3. The van der Waals surface area contributed by atoms with Crippen molar-refractivity contribution in [1.82, 2.24) is 14.5 Å². The predicted octanol–water partition coefficient (Wildman–Crippen LogP) is 2.77. The van der Waals surface area contributed by atoms with Crippen molar-refractivity contribution < 1.29 is 9.90 Å². The van der Waals surface area contributed by atoms with E-state index in [9.17, 15) is 4.79 Å². The van der Waals surface area contributed by atoms with Crippen LogP contribution in [-0.2, 0) is 0 Å². The van der Waals surface area contributed by atoms with Crippen LogP contribution in [0, 0.1) is 0 Å². The average molecular weight is 274 g/mol. The van der Waals surface area contributed by atoms with E-state index in [0.29, 0.717) is 5.82 Å². The molecule has 2 aromatic heterocycles. The maximum Gasteiger partial charge on any atom is 0.335 e. The summed E-state index contributed by atoms with van der Waals surface area (Å²) in [7, 11) is 0. The normalized spacial score (nSPS) is 10.8. The van der Waals surface area contributed by atoms with Crippen LogP contribution in [0.3, 0.4) is 0 Å². The van der Waals surface area contributed by atoms with Gasteiger partial charge in [-0.3, -0.25) is 4.57 Å². The monoisotopic (exact) mass is 273 g/mol. The van der Waals surface area contributed by atoms with Crippen LogP contribution in [0.15, 0.2) is 42.7 Å². The van der Waals surface area contributed by atoms with Crippen molar-refractivity contribution in [2.24, 2.45) is 0 Å². The van der Waals surface area contributed by atoms with Gasteiger partial charge in [-0.1, -0.05) is 23.7 Å². The lowest BCUT2D eigenvalue weighted by atomic mass is 10.2. The zero-order valence-corrected chi connectivity index (χ0v) is 10.4. The third kappa shape index (κ3) is 2.04. The van der Waals surface area contributed by atoms with Gasteiger partial charge in [0.25, 0.3) is 0 Å². The molecule has 0 fully saturated rings. The third-order valence-electron chi connectivity index (χ3n) is 2.73. The summed E-state index contributed by atoms with van der Waals surface area (Å²) in [6.45, 7) is 0. The lowest BCUT2D eigenvalue weighted by Crippen LogP contribution is -2.02. The molecule has 0 aliphatic carbocycles. The third-order valence-corrected chi connectivity index (χ3v) is 2.92. The number of rotatable bonds is 2. The van der Waals surface area contributed by atoms with E-state index in [-0.39, 0.29) is 10.7 Å². The van der Waals surface area contributed by atoms with E-state index in [0.717, 1.165) is 11.0 Å². The molecule has 0 aliphatic heterocycles. The summed E-state index contributed by atoms with van der Waals surface area (Å²) < 4.78 is 1.70. The minimum Gasteiger partial charge on any atom is -0.478 e. The lowest BCUT2D eigenvalue weighted by molar-refractivity contribution is 0.0696. The molecule has 0 radical (unpaired) electrons. The second-order valence-corrected chi connectivity index (χ2v) is 4.33. The topological polar surface area (TPSA) is 68.0 Å². The smallest absolute Gasteiger partial charge is 0.335 e. The van der Waals surface area contributed by atoms with Crippen molar-refractivity contribution in [2.75, 3.05) is 0 Å². The Bertz CT molecular complexity index is 782. The summed E-state index contributed by atoms with van der Waals surface area (Å²) >= 11 is 5.85. The Kier molecular flexibility index (Phi) is 2.68. The highest BCUT2D eigenvalue weighted by molar-refractivity contribution is 6.29. The second kappa shape index (κ2) is 4.37. The van der Waals surface area contributed by atoms with Gasteiger partial charge < -0.3 is 5.11 Å². The van der Waals surface area contributed by atoms with Crippen LogP contribution in [-0.4, -0.2) is 25.6 Å². The largest absolute Gasteiger partial charge is 0.478 e. The van der Waals surface area contributed by atoms with Gasteiger partial charge in [-0.25, -0.2) is 14.8 Å². The highest BCUT2D eigenvalue weighted by atomic mass is 35.5. The molecule has 3 aromatic rings. The van der Waals surface area contributed by atoms with Crippen molar-refractivity contribution >= 4 is 28.6 Å². The number of fused-ring (bicyclic) bond motifs is 1.